The fourth-order valence-corrected chi connectivity index (χ4v) is 2.18. The van der Waals surface area contributed by atoms with Gasteiger partial charge in [-0.1, -0.05) is 19.4 Å². The van der Waals surface area contributed by atoms with E-state index in [1.54, 1.807) is 0 Å². The minimum atomic E-state index is -0.701. The monoisotopic (exact) mass is 219 g/mol. The van der Waals surface area contributed by atoms with Gasteiger partial charge in [-0.2, -0.15) is 0 Å². The lowest BCUT2D eigenvalue weighted by Gasteiger charge is -2.02. The zero-order valence-corrected chi connectivity index (χ0v) is 9.57. The molecule has 0 amide bonds. The molecule has 0 aliphatic heterocycles. The molecule has 1 atom stereocenters. The van der Waals surface area contributed by atoms with Crippen LogP contribution in [0.5, 0.6) is 0 Å². The van der Waals surface area contributed by atoms with Gasteiger partial charge in [0.25, 0.3) is 0 Å². The smallest absolute Gasteiger partial charge is 0.307 e. The number of nitrogens with zero attached hydrogens (tertiary/aromatic N) is 1. The Morgan fingerprint density at radius 3 is 3.00 bits per heavy atom. The van der Waals surface area contributed by atoms with Crippen molar-refractivity contribution in [2.45, 2.75) is 39.0 Å². The van der Waals surface area contributed by atoms with Crippen molar-refractivity contribution in [2.75, 3.05) is 0 Å². The first kappa shape index (κ1) is 11.1. The molecule has 86 valence electrons. The molecule has 3 nitrogen and oxygen atoms in total. The number of aryl methyl sites for hydroxylation is 1. The minimum Gasteiger partial charge on any atom is -0.481 e. The Bertz CT molecular complexity index is 401. The van der Waals surface area contributed by atoms with Gasteiger partial charge in [-0.05, 0) is 30.9 Å². The molecular formula is C13H17NO2. The van der Waals surface area contributed by atoms with Crippen LogP contribution in [0, 0.1) is 5.92 Å². The van der Waals surface area contributed by atoms with Crippen LogP contribution in [0.2, 0.25) is 0 Å². The van der Waals surface area contributed by atoms with Crippen molar-refractivity contribution in [3.05, 3.63) is 29.1 Å². The molecular weight excluding hydrogens is 202 g/mol. The topological polar surface area (TPSA) is 50.2 Å². The van der Waals surface area contributed by atoms with E-state index in [-0.39, 0.29) is 5.92 Å². The number of carboxylic acids is 1. The average Bonchev–Trinajstić information content (AvgIpc) is 2.69. The van der Waals surface area contributed by atoms with Crippen LogP contribution in [0.1, 0.15) is 36.7 Å². The second kappa shape index (κ2) is 4.64. The number of unbranched alkanes of at least 4 members (excludes halogenated alkanes) is 1. The summed E-state index contributed by atoms with van der Waals surface area (Å²) in [4.78, 5) is 15.5. The van der Waals surface area contributed by atoms with Gasteiger partial charge in [-0.3, -0.25) is 9.78 Å². The third-order valence-corrected chi connectivity index (χ3v) is 3.17. The summed E-state index contributed by atoms with van der Waals surface area (Å²) >= 11 is 0. The summed E-state index contributed by atoms with van der Waals surface area (Å²) in [5.74, 6) is -0.961. The zero-order chi connectivity index (χ0) is 11.5. The van der Waals surface area contributed by atoms with E-state index in [1.165, 1.54) is 0 Å². The molecule has 1 aromatic heterocycles. The van der Waals surface area contributed by atoms with Crippen molar-refractivity contribution in [1.29, 1.82) is 0 Å². The van der Waals surface area contributed by atoms with Gasteiger partial charge in [0.1, 0.15) is 0 Å². The highest BCUT2D eigenvalue weighted by Crippen LogP contribution is 2.25. The number of hydrogen-bond donors (Lipinski definition) is 1. The number of hydrogen-bond acceptors (Lipinski definition) is 2. The van der Waals surface area contributed by atoms with Gasteiger partial charge >= 0.3 is 5.97 Å². The third kappa shape index (κ3) is 2.23. The number of pyridine rings is 1. The van der Waals surface area contributed by atoms with Crippen LogP contribution >= 0.6 is 0 Å². The van der Waals surface area contributed by atoms with Gasteiger partial charge in [0.05, 0.1) is 5.92 Å². The summed E-state index contributed by atoms with van der Waals surface area (Å²) < 4.78 is 0. The van der Waals surface area contributed by atoms with Crippen LogP contribution in [0.25, 0.3) is 0 Å². The van der Waals surface area contributed by atoms with E-state index in [9.17, 15) is 4.79 Å². The fraction of sp³-hybridized carbons (Fsp3) is 0.538. The summed E-state index contributed by atoms with van der Waals surface area (Å²) in [6, 6.07) is 4.09. The van der Waals surface area contributed by atoms with Crippen molar-refractivity contribution < 1.29 is 9.90 Å². The van der Waals surface area contributed by atoms with E-state index in [0.29, 0.717) is 12.8 Å². The predicted octanol–water partition coefficient (Wildman–Crippen LogP) is 2.22. The predicted molar refractivity (Wildman–Crippen MR) is 61.4 cm³/mol. The molecule has 0 spiro atoms. The Labute approximate surface area is 95.5 Å². The molecule has 0 fully saturated rings. The minimum absolute atomic E-state index is 0.260. The number of fused-ring (bicyclic) bond motifs is 1. The highest BCUT2D eigenvalue weighted by Gasteiger charge is 2.28. The number of rotatable bonds is 4. The lowest BCUT2D eigenvalue weighted by molar-refractivity contribution is -0.141. The van der Waals surface area contributed by atoms with E-state index >= 15 is 0 Å². The molecule has 1 unspecified atom stereocenters. The second-order valence-electron chi connectivity index (χ2n) is 4.46. The Morgan fingerprint density at radius 2 is 2.31 bits per heavy atom. The molecule has 0 saturated heterocycles. The third-order valence-electron chi connectivity index (χ3n) is 3.17. The summed E-state index contributed by atoms with van der Waals surface area (Å²) in [6.45, 7) is 2.16. The molecule has 1 aromatic rings. The lowest BCUT2D eigenvalue weighted by atomic mass is 10.1. The highest BCUT2D eigenvalue weighted by atomic mass is 16.4. The summed E-state index contributed by atoms with van der Waals surface area (Å²) in [5.41, 5.74) is 3.22. The van der Waals surface area contributed by atoms with Crippen LogP contribution in [-0.4, -0.2) is 16.1 Å². The summed E-state index contributed by atoms with van der Waals surface area (Å²) in [5, 5.41) is 8.97. The van der Waals surface area contributed by atoms with Crippen molar-refractivity contribution in [3.8, 4) is 0 Å². The first-order valence-electron chi connectivity index (χ1n) is 5.91. The fourth-order valence-electron chi connectivity index (χ4n) is 2.18. The van der Waals surface area contributed by atoms with Crippen molar-refractivity contribution in [3.63, 3.8) is 0 Å². The molecule has 0 radical (unpaired) electrons. The lowest BCUT2D eigenvalue weighted by Crippen LogP contribution is -2.13. The van der Waals surface area contributed by atoms with E-state index in [1.807, 2.05) is 6.07 Å². The van der Waals surface area contributed by atoms with Crippen LogP contribution in [0.4, 0.5) is 0 Å². The maximum absolute atomic E-state index is 10.9. The van der Waals surface area contributed by atoms with Crippen molar-refractivity contribution in [2.24, 2.45) is 5.92 Å². The molecule has 0 bridgehead atoms. The first-order valence-corrected chi connectivity index (χ1v) is 5.91. The van der Waals surface area contributed by atoms with Gasteiger partial charge in [0, 0.05) is 17.8 Å². The van der Waals surface area contributed by atoms with Crippen LogP contribution < -0.4 is 0 Å². The maximum atomic E-state index is 10.9. The maximum Gasteiger partial charge on any atom is 0.307 e. The molecule has 3 heteroatoms. The van der Waals surface area contributed by atoms with Gasteiger partial charge in [-0.25, -0.2) is 0 Å². The van der Waals surface area contributed by atoms with Gasteiger partial charge < -0.3 is 5.11 Å². The van der Waals surface area contributed by atoms with E-state index < -0.39 is 5.97 Å². The molecule has 1 N–H and O–H groups in total. The standard InChI is InChI=1S/C13H17NO2/c1-2-3-4-11-6-5-9-7-10(13(15)16)8-12(9)14-11/h5-6,10H,2-4,7-8H2,1H3,(H,15,16). The largest absolute Gasteiger partial charge is 0.481 e. The van der Waals surface area contributed by atoms with Crippen molar-refractivity contribution >= 4 is 5.97 Å². The van der Waals surface area contributed by atoms with Gasteiger partial charge in [-0.15, -0.1) is 0 Å². The van der Waals surface area contributed by atoms with E-state index in [4.69, 9.17) is 5.11 Å². The quantitative estimate of drug-likeness (QED) is 0.844. The van der Waals surface area contributed by atoms with Crippen LogP contribution in [0.3, 0.4) is 0 Å². The number of aliphatic carboxylic acids is 1. The Hall–Kier alpha value is -1.38. The Kier molecular flexibility index (Phi) is 3.22. The zero-order valence-electron chi connectivity index (χ0n) is 9.57. The normalized spacial score (nSPS) is 18.4. The summed E-state index contributed by atoms with van der Waals surface area (Å²) in [7, 11) is 0. The summed E-state index contributed by atoms with van der Waals surface area (Å²) in [6.07, 6.45) is 4.56. The van der Waals surface area contributed by atoms with Gasteiger partial charge in [0.2, 0.25) is 0 Å². The SMILES string of the molecule is CCCCc1ccc2c(n1)CC(C(=O)O)C2. The average molecular weight is 219 g/mol. The molecule has 1 aliphatic carbocycles. The highest BCUT2D eigenvalue weighted by molar-refractivity contribution is 5.72. The molecule has 0 aromatic carbocycles. The number of carboxylic acid groups (broad SMARTS) is 1. The molecule has 16 heavy (non-hydrogen) atoms. The van der Waals surface area contributed by atoms with E-state index in [2.05, 4.69) is 18.0 Å². The number of aromatic nitrogens is 1. The molecule has 1 aliphatic rings. The number of carbonyl (C=O) groups is 1. The second-order valence-corrected chi connectivity index (χ2v) is 4.46. The molecule has 0 saturated carbocycles. The Morgan fingerprint density at radius 1 is 1.50 bits per heavy atom. The van der Waals surface area contributed by atoms with Crippen LogP contribution in [0.15, 0.2) is 12.1 Å². The van der Waals surface area contributed by atoms with Gasteiger partial charge in [0.15, 0.2) is 0 Å². The Balaban J connectivity index is 2.11. The molecule has 2 rings (SSSR count). The first-order chi connectivity index (χ1) is 7.70. The van der Waals surface area contributed by atoms with E-state index in [0.717, 1.165) is 36.2 Å². The van der Waals surface area contributed by atoms with Crippen LogP contribution in [-0.2, 0) is 24.1 Å². The molecule has 1 heterocycles. The van der Waals surface area contributed by atoms with Crippen molar-refractivity contribution in [1.82, 2.24) is 4.98 Å².